The lowest BCUT2D eigenvalue weighted by Gasteiger charge is -2.35. The van der Waals surface area contributed by atoms with Crippen molar-refractivity contribution in [3.63, 3.8) is 0 Å². The van der Waals surface area contributed by atoms with Crippen LogP contribution in [0.5, 0.6) is 5.75 Å². The highest BCUT2D eigenvalue weighted by molar-refractivity contribution is 7.22. The van der Waals surface area contributed by atoms with Gasteiger partial charge in [0.1, 0.15) is 22.7 Å². The number of halogens is 2. The van der Waals surface area contributed by atoms with E-state index in [1.165, 1.54) is 11.3 Å². The summed E-state index contributed by atoms with van der Waals surface area (Å²) >= 11 is 14.6. The van der Waals surface area contributed by atoms with Crippen LogP contribution in [0.3, 0.4) is 0 Å². The number of hydrogen-bond donors (Lipinski definition) is 2. The van der Waals surface area contributed by atoms with Gasteiger partial charge in [0.15, 0.2) is 5.13 Å². The maximum absolute atomic E-state index is 11.7. The molecule has 4 atom stereocenters. The molecule has 3 fully saturated rings. The Kier molecular flexibility index (Phi) is 7.78. The van der Waals surface area contributed by atoms with Crippen LogP contribution in [-0.2, 0) is 11.3 Å². The van der Waals surface area contributed by atoms with Gasteiger partial charge in [-0.05, 0) is 88.5 Å². The summed E-state index contributed by atoms with van der Waals surface area (Å²) in [6.45, 7) is 4.26. The number of carboxylic acid groups (broad SMARTS) is 1. The minimum Gasteiger partial charge on any atom is -0.489 e. The largest absolute Gasteiger partial charge is 0.489 e. The smallest absolute Gasteiger partial charge is 0.335 e. The van der Waals surface area contributed by atoms with Crippen molar-refractivity contribution in [2.24, 2.45) is 11.8 Å². The summed E-state index contributed by atoms with van der Waals surface area (Å²) in [6, 6.07) is 9.00. The van der Waals surface area contributed by atoms with Gasteiger partial charge in [0.2, 0.25) is 0 Å². The first kappa shape index (κ1) is 28.9. The van der Waals surface area contributed by atoms with Gasteiger partial charge in [0.05, 0.1) is 39.1 Å². The molecule has 2 aromatic heterocycles. The summed E-state index contributed by atoms with van der Waals surface area (Å²) in [7, 11) is 0. The molecule has 0 amide bonds. The summed E-state index contributed by atoms with van der Waals surface area (Å²) in [5, 5.41) is 19.6. The fraction of sp³-hybridized carbons (Fsp3) is 0.469. The molecule has 3 saturated carbocycles. The van der Waals surface area contributed by atoms with Crippen LogP contribution in [0.25, 0.3) is 21.5 Å². The molecule has 2 aromatic carbocycles. The number of anilines is 1. The van der Waals surface area contributed by atoms with Crippen molar-refractivity contribution < 1.29 is 23.9 Å². The van der Waals surface area contributed by atoms with Crippen molar-refractivity contribution in [2.75, 3.05) is 5.32 Å². The number of ether oxygens (including phenoxy) is 2. The van der Waals surface area contributed by atoms with Crippen LogP contribution in [0.4, 0.5) is 5.13 Å². The van der Waals surface area contributed by atoms with E-state index in [0.29, 0.717) is 63.0 Å². The van der Waals surface area contributed by atoms with E-state index in [1.54, 1.807) is 12.1 Å². The second-order valence-electron chi connectivity index (χ2n) is 12.2. The molecule has 0 aliphatic heterocycles. The molecule has 226 valence electrons. The Morgan fingerprint density at radius 1 is 1.14 bits per heavy atom. The first-order valence-electron chi connectivity index (χ1n) is 14.9. The molecule has 4 aromatic rings. The first-order chi connectivity index (χ1) is 20.7. The molecule has 0 unspecified atom stereocenters. The molecule has 3 aliphatic rings. The number of fused-ring (bicyclic) bond motifs is 3. The van der Waals surface area contributed by atoms with Gasteiger partial charge in [-0.3, -0.25) is 0 Å². The fourth-order valence-electron chi connectivity index (χ4n) is 6.76. The third kappa shape index (κ3) is 5.72. The number of carbonyl (C=O) groups is 1. The Bertz CT molecular complexity index is 1650. The Morgan fingerprint density at radius 3 is 2.51 bits per heavy atom. The SMILES string of the molecule is CC(C)Oc1cc(C(=O)O)cc2sc(N[C@@H]3[C@@H]4CC[C@H]3C[C@@H](OCc3c(-c5c(Cl)cccc5Cl)noc3C3CC3)C4)nc12. The zero-order valence-corrected chi connectivity index (χ0v) is 26.3. The maximum atomic E-state index is 11.7. The molecule has 11 heteroatoms. The van der Waals surface area contributed by atoms with Crippen LogP contribution >= 0.6 is 34.5 Å². The fourth-order valence-corrected chi connectivity index (χ4v) is 8.31. The number of benzene rings is 2. The quantitative estimate of drug-likeness (QED) is 0.177. The highest BCUT2D eigenvalue weighted by Gasteiger charge is 2.44. The van der Waals surface area contributed by atoms with Crippen molar-refractivity contribution in [1.82, 2.24) is 10.1 Å². The number of aromatic carboxylic acids is 1. The van der Waals surface area contributed by atoms with Gasteiger partial charge < -0.3 is 24.4 Å². The summed E-state index contributed by atoms with van der Waals surface area (Å²) in [5.41, 5.74) is 3.23. The van der Waals surface area contributed by atoms with E-state index in [9.17, 15) is 9.90 Å². The van der Waals surface area contributed by atoms with Gasteiger partial charge in [-0.15, -0.1) is 0 Å². The third-order valence-electron chi connectivity index (χ3n) is 8.84. The minimum atomic E-state index is -0.979. The van der Waals surface area contributed by atoms with E-state index in [-0.39, 0.29) is 17.8 Å². The average molecular weight is 643 g/mol. The van der Waals surface area contributed by atoms with Crippen molar-refractivity contribution in [3.05, 3.63) is 57.3 Å². The molecule has 7 rings (SSSR count). The molecule has 8 nitrogen and oxygen atoms in total. The van der Waals surface area contributed by atoms with E-state index in [1.807, 2.05) is 32.0 Å². The number of hydrogen-bond acceptors (Lipinski definition) is 8. The lowest BCUT2D eigenvalue weighted by atomic mass is 9.82. The zero-order chi connectivity index (χ0) is 29.8. The van der Waals surface area contributed by atoms with Gasteiger partial charge in [-0.2, -0.15) is 0 Å². The van der Waals surface area contributed by atoms with E-state index >= 15 is 0 Å². The summed E-state index contributed by atoms with van der Waals surface area (Å²) in [5.74, 6) is 1.72. The van der Waals surface area contributed by atoms with Gasteiger partial charge >= 0.3 is 5.97 Å². The number of aromatic nitrogens is 2. The number of nitrogens with zero attached hydrogens (tertiary/aromatic N) is 2. The van der Waals surface area contributed by atoms with E-state index in [4.69, 9.17) is 42.2 Å². The highest BCUT2D eigenvalue weighted by Crippen LogP contribution is 2.48. The second-order valence-corrected chi connectivity index (χ2v) is 14.1. The summed E-state index contributed by atoms with van der Waals surface area (Å²) in [6.07, 6.45) is 6.41. The monoisotopic (exact) mass is 641 g/mol. The highest BCUT2D eigenvalue weighted by atomic mass is 35.5. The second kappa shape index (κ2) is 11.6. The lowest BCUT2D eigenvalue weighted by molar-refractivity contribution is -0.00447. The molecule has 2 N–H and O–H groups in total. The molecular weight excluding hydrogens is 609 g/mol. The summed E-state index contributed by atoms with van der Waals surface area (Å²) < 4.78 is 19.2. The number of nitrogens with one attached hydrogen (secondary N) is 1. The number of thiazole rings is 1. The molecule has 43 heavy (non-hydrogen) atoms. The van der Waals surface area contributed by atoms with Crippen molar-refractivity contribution in [3.8, 4) is 17.0 Å². The van der Waals surface area contributed by atoms with Gasteiger partial charge in [-0.25, -0.2) is 9.78 Å². The van der Waals surface area contributed by atoms with E-state index in [0.717, 1.165) is 59.7 Å². The third-order valence-corrected chi connectivity index (χ3v) is 10.4. The van der Waals surface area contributed by atoms with Gasteiger partial charge in [-0.1, -0.05) is 45.8 Å². The average Bonchev–Trinajstić information content (AvgIpc) is 3.52. The van der Waals surface area contributed by atoms with Crippen LogP contribution < -0.4 is 10.1 Å². The number of rotatable bonds is 10. The van der Waals surface area contributed by atoms with Gasteiger partial charge in [0.25, 0.3) is 0 Å². The Labute approximate surface area is 263 Å². The van der Waals surface area contributed by atoms with Crippen LogP contribution in [-0.4, -0.2) is 39.5 Å². The number of carboxylic acids is 1. The van der Waals surface area contributed by atoms with Crippen LogP contribution in [0, 0.1) is 11.8 Å². The van der Waals surface area contributed by atoms with Crippen molar-refractivity contribution in [2.45, 2.75) is 83.1 Å². The Balaban J connectivity index is 1.06. The molecule has 3 aliphatic carbocycles. The Hall–Kier alpha value is -2.85. The first-order valence-corrected chi connectivity index (χ1v) is 16.5. The minimum absolute atomic E-state index is 0.0904. The Morgan fingerprint density at radius 2 is 1.86 bits per heavy atom. The standard InChI is InChI=1S/C32H33Cl2N3O5S/c1-15(2)41-24-12-19(31(38)39)13-25-29(24)36-32(43-25)35-27-17-8-9-18(27)11-20(10-17)40-14-21-28(37-42-30(21)16-6-7-16)26-22(33)4-3-5-23(26)34/h3-5,12-13,15-18,20,27H,6-11,14H2,1-2H3,(H,35,36)(H,38,39)/t17-,18+,20+,27-. The van der Waals surface area contributed by atoms with Crippen LogP contribution in [0.15, 0.2) is 34.9 Å². The predicted molar refractivity (Wildman–Crippen MR) is 168 cm³/mol. The predicted octanol–water partition coefficient (Wildman–Crippen LogP) is 8.81. The van der Waals surface area contributed by atoms with Crippen LogP contribution in [0.2, 0.25) is 10.0 Å². The van der Waals surface area contributed by atoms with Crippen molar-refractivity contribution >= 4 is 55.9 Å². The lowest BCUT2D eigenvalue weighted by Crippen LogP contribution is -2.39. The van der Waals surface area contributed by atoms with Crippen molar-refractivity contribution in [1.29, 1.82) is 0 Å². The van der Waals surface area contributed by atoms with E-state index < -0.39 is 5.97 Å². The normalized spacial score (nSPS) is 23.3. The molecule has 0 spiro atoms. The van der Waals surface area contributed by atoms with Crippen LogP contribution in [0.1, 0.15) is 80.0 Å². The molecule has 2 bridgehead atoms. The topological polar surface area (TPSA) is 107 Å². The van der Waals surface area contributed by atoms with E-state index in [2.05, 4.69) is 10.5 Å². The molecule has 0 saturated heterocycles. The van der Waals surface area contributed by atoms with Gasteiger partial charge in [0, 0.05) is 23.1 Å². The molecule has 2 heterocycles. The maximum Gasteiger partial charge on any atom is 0.335 e. The molecule has 0 radical (unpaired) electrons. The summed E-state index contributed by atoms with van der Waals surface area (Å²) in [4.78, 5) is 16.6. The zero-order valence-electron chi connectivity index (χ0n) is 23.9. The molecular formula is C32H33Cl2N3O5S.